The summed E-state index contributed by atoms with van der Waals surface area (Å²) in [6.07, 6.45) is 6.59. The topological polar surface area (TPSA) is 15.3 Å². The molecule has 0 saturated heterocycles. The summed E-state index contributed by atoms with van der Waals surface area (Å²) >= 11 is 0. The minimum absolute atomic E-state index is 0.481. The largest absolute Gasteiger partial charge is 0.374 e. The molecular formula is C18H30N2. The fourth-order valence-corrected chi connectivity index (χ4v) is 3.08. The lowest BCUT2D eigenvalue weighted by molar-refractivity contribution is 0.321. The van der Waals surface area contributed by atoms with Crippen LogP contribution >= 0.6 is 0 Å². The molecule has 20 heavy (non-hydrogen) atoms. The van der Waals surface area contributed by atoms with Gasteiger partial charge in [0.15, 0.2) is 0 Å². The normalized spacial score (nSPS) is 16.8. The number of para-hydroxylation sites is 1. The molecule has 0 aliphatic heterocycles. The van der Waals surface area contributed by atoms with E-state index in [0.717, 1.165) is 18.9 Å². The molecule has 0 amide bonds. The Bertz CT molecular complexity index is 398. The summed E-state index contributed by atoms with van der Waals surface area (Å²) in [5.41, 5.74) is 2.88. The molecule has 1 aromatic carbocycles. The van der Waals surface area contributed by atoms with Gasteiger partial charge in [-0.1, -0.05) is 38.5 Å². The first-order chi connectivity index (χ1) is 9.76. The van der Waals surface area contributed by atoms with Crippen LogP contribution in [0.25, 0.3) is 0 Å². The molecule has 1 saturated carbocycles. The highest BCUT2D eigenvalue weighted by molar-refractivity contribution is 5.54. The Morgan fingerprint density at radius 2 is 2.00 bits per heavy atom. The molecule has 112 valence electrons. The van der Waals surface area contributed by atoms with Gasteiger partial charge in [-0.3, -0.25) is 0 Å². The van der Waals surface area contributed by atoms with Crippen molar-refractivity contribution < 1.29 is 0 Å². The molecule has 1 atom stereocenters. The minimum atomic E-state index is 0.481. The summed E-state index contributed by atoms with van der Waals surface area (Å²) in [4.78, 5) is 2.47. The Labute approximate surface area is 124 Å². The molecule has 2 heteroatoms. The number of anilines is 1. The van der Waals surface area contributed by atoms with Crippen molar-refractivity contribution in [3.8, 4) is 0 Å². The van der Waals surface area contributed by atoms with E-state index in [1.165, 1.54) is 43.5 Å². The Morgan fingerprint density at radius 1 is 1.25 bits per heavy atom. The summed E-state index contributed by atoms with van der Waals surface area (Å²) in [7, 11) is 2.25. The monoisotopic (exact) mass is 274 g/mol. The lowest BCUT2D eigenvalue weighted by atomic mass is 9.85. The summed E-state index contributed by atoms with van der Waals surface area (Å²) in [5.74, 6) is 0.914. The average molecular weight is 274 g/mol. The van der Waals surface area contributed by atoms with E-state index < -0.39 is 0 Å². The number of rotatable bonds is 8. The second kappa shape index (κ2) is 7.68. The summed E-state index contributed by atoms with van der Waals surface area (Å²) in [6.45, 7) is 6.81. The lowest BCUT2D eigenvalue weighted by Crippen LogP contribution is -2.31. The second-order valence-electron chi connectivity index (χ2n) is 6.15. The summed E-state index contributed by atoms with van der Waals surface area (Å²) < 4.78 is 0. The van der Waals surface area contributed by atoms with Gasteiger partial charge in [-0.15, -0.1) is 0 Å². The highest BCUT2D eigenvalue weighted by atomic mass is 15.1. The Morgan fingerprint density at radius 3 is 2.60 bits per heavy atom. The highest BCUT2D eigenvalue weighted by Crippen LogP contribution is 2.32. The van der Waals surface area contributed by atoms with Crippen molar-refractivity contribution in [1.29, 1.82) is 0 Å². The second-order valence-corrected chi connectivity index (χ2v) is 6.15. The molecule has 0 radical (unpaired) electrons. The van der Waals surface area contributed by atoms with Gasteiger partial charge in [0.25, 0.3) is 0 Å². The Balaban J connectivity index is 2.10. The van der Waals surface area contributed by atoms with Crippen LogP contribution in [0.5, 0.6) is 0 Å². The van der Waals surface area contributed by atoms with Crippen molar-refractivity contribution in [1.82, 2.24) is 5.32 Å². The van der Waals surface area contributed by atoms with Crippen LogP contribution in [0.1, 0.15) is 57.6 Å². The van der Waals surface area contributed by atoms with Crippen LogP contribution in [0, 0.1) is 5.92 Å². The van der Waals surface area contributed by atoms with Crippen LogP contribution in [-0.4, -0.2) is 20.1 Å². The maximum Gasteiger partial charge on any atom is 0.0412 e. The third-order valence-corrected chi connectivity index (χ3v) is 4.53. The zero-order valence-electron chi connectivity index (χ0n) is 13.4. The number of benzene rings is 1. The molecule has 1 N–H and O–H groups in total. The van der Waals surface area contributed by atoms with Gasteiger partial charge in [0.1, 0.15) is 0 Å². The first-order valence-corrected chi connectivity index (χ1v) is 8.29. The zero-order valence-corrected chi connectivity index (χ0v) is 13.4. The molecule has 0 heterocycles. The van der Waals surface area contributed by atoms with E-state index in [1.807, 2.05) is 0 Å². The molecule has 2 rings (SSSR count). The van der Waals surface area contributed by atoms with Crippen LogP contribution in [0.4, 0.5) is 5.69 Å². The third kappa shape index (κ3) is 3.76. The van der Waals surface area contributed by atoms with E-state index in [4.69, 9.17) is 0 Å². The Hall–Kier alpha value is -1.02. The maximum atomic E-state index is 3.69. The van der Waals surface area contributed by atoms with Gasteiger partial charge in [-0.25, -0.2) is 0 Å². The molecule has 0 bridgehead atoms. The quantitative estimate of drug-likeness (QED) is 0.757. The number of nitrogens with one attached hydrogen (secondary N) is 1. The van der Waals surface area contributed by atoms with Crippen molar-refractivity contribution in [3.63, 3.8) is 0 Å². The van der Waals surface area contributed by atoms with Crippen LogP contribution in [-0.2, 0) is 0 Å². The number of hydrogen-bond donors (Lipinski definition) is 1. The van der Waals surface area contributed by atoms with E-state index in [-0.39, 0.29) is 0 Å². The molecule has 1 fully saturated rings. The van der Waals surface area contributed by atoms with Crippen LogP contribution in [0.15, 0.2) is 24.3 Å². The van der Waals surface area contributed by atoms with Gasteiger partial charge in [0.2, 0.25) is 0 Å². The molecule has 1 aliphatic carbocycles. The number of nitrogens with zero attached hydrogens (tertiary/aromatic N) is 1. The maximum absolute atomic E-state index is 3.69. The highest BCUT2D eigenvalue weighted by Gasteiger charge is 2.21. The fourth-order valence-electron chi connectivity index (χ4n) is 3.08. The first kappa shape index (κ1) is 15.4. The van der Waals surface area contributed by atoms with Gasteiger partial charge in [0, 0.05) is 25.3 Å². The molecule has 2 nitrogen and oxygen atoms in total. The SMILES string of the molecule is CCCNC(CC)c1ccccc1N(C)CC1CCC1. The van der Waals surface area contributed by atoms with Gasteiger partial charge in [-0.05, 0) is 49.8 Å². The average Bonchev–Trinajstić information content (AvgIpc) is 2.44. The molecule has 1 aromatic rings. The fraction of sp³-hybridized carbons (Fsp3) is 0.667. The van der Waals surface area contributed by atoms with Crippen molar-refractivity contribution >= 4 is 5.69 Å². The van der Waals surface area contributed by atoms with Gasteiger partial charge in [0.05, 0.1) is 0 Å². The van der Waals surface area contributed by atoms with Gasteiger partial charge in [-0.2, -0.15) is 0 Å². The van der Waals surface area contributed by atoms with Crippen LogP contribution in [0.2, 0.25) is 0 Å². The molecular weight excluding hydrogens is 244 g/mol. The minimum Gasteiger partial charge on any atom is -0.374 e. The van der Waals surface area contributed by atoms with E-state index in [9.17, 15) is 0 Å². The van der Waals surface area contributed by atoms with Crippen molar-refractivity contribution in [2.75, 3.05) is 25.0 Å². The van der Waals surface area contributed by atoms with E-state index in [0.29, 0.717) is 6.04 Å². The standard InChI is InChI=1S/C18H30N2/c1-4-13-19-17(5-2)16-11-6-7-12-18(16)20(3)14-15-9-8-10-15/h6-7,11-12,15,17,19H,4-5,8-10,13-14H2,1-3H3. The van der Waals surface area contributed by atoms with E-state index >= 15 is 0 Å². The summed E-state index contributed by atoms with van der Waals surface area (Å²) in [6, 6.07) is 9.40. The van der Waals surface area contributed by atoms with Gasteiger partial charge >= 0.3 is 0 Å². The molecule has 1 unspecified atom stereocenters. The predicted molar refractivity (Wildman–Crippen MR) is 88.4 cm³/mol. The van der Waals surface area contributed by atoms with Crippen molar-refractivity contribution in [2.45, 2.75) is 52.0 Å². The molecule has 0 aromatic heterocycles. The summed E-state index contributed by atoms with van der Waals surface area (Å²) in [5, 5.41) is 3.69. The van der Waals surface area contributed by atoms with Crippen molar-refractivity contribution in [2.24, 2.45) is 5.92 Å². The zero-order chi connectivity index (χ0) is 14.4. The van der Waals surface area contributed by atoms with Crippen molar-refractivity contribution in [3.05, 3.63) is 29.8 Å². The van der Waals surface area contributed by atoms with Gasteiger partial charge < -0.3 is 10.2 Å². The van der Waals surface area contributed by atoms with E-state index in [2.05, 4.69) is 55.4 Å². The van der Waals surface area contributed by atoms with Crippen LogP contribution < -0.4 is 10.2 Å². The molecule has 1 aliphatic rings. The number of hydrogen-bond acceptors (Lipinski definition) is 2. The van der Waals surface area contributed by atoms with E-state index in [1.54, 1.807) is 0 Å². The lowest BCUT2D eigenvalue weighted by Gasteiger charge is -2.33. The first-order valence-electron chi connectivity index (χ1n) is 8.29. The van der Waals surface area contributed by atoms with Crippen LogP contribution in [0.3, 0.4) is 0 Å². The Kier molecular flexibility index (Phi) is 5.90. The third-order valence-electron chi connectivity index (χ3n) is 4.53. The smallest absolute Gasteiger partial charge is 0.0412 e. The predicted octanol–water partition coefficient (Wildman–Crippen LogP) is 4.37. The molecule has 0 spiro atoms.